The Morgan fingerprint density at radius 3 is 2.92 bits per heavy atom. The second-order valence-corrected chi connectivity index (χ2v) is 6.72. The number of hydrogen-bond donors (Lipinski definition) is 3. The van der Waals surface area contributed by atoms with E-state index in [1.807, 2.05) is 6.92 Å². The van der Waals surface area contributed by atoms with Crippen LogP contribution in [0.5, 0.6) is 0 Å². The average molecular weight is 331 g/mol. The molecule has 0 spiro atoms. The van der Waals surface area contributed by atoms with Crippen LogP contribution in [0.25, 0.3) is 0 Å². The molecular weight excluding hydrogens is 306 g/mol. The average Bonchev–Trinajstić information content (AvgIpc) is 3.06. The molecule has 0 fully saturated rings. The Balaban J connectivity index is 1.84. The summed E-state index contributed by atoms with van der Waals surface area (Å²) in [4.78, 5) is 12.5. The summed E-state index contributed by atoms with van der Waals surface area (Å²) in [6.45, 7) is 8.77. The van der Waals surface area contributed by atoms with Gasteiger partial charge in [0.25, 0.3) is 5.91 Å². The molecule has 3 rings (SSSR count). The summed E-state index contributed by atoms with van der Waals surface area (Å²) in [5.41, 5.74) is 1.27. The smallest absolute Gasteiger partial charge is 0.272 e. The third-order valence-corrected chi connectivity index (χ3v) is 4.16. The molecule has 2 aromatic heterocycles. The summed E-state index contributed by atoms with van der Waals surface area (Å²) in [6.07, 6.45) is 1.66. The number of aromatic amines is 1. The van der Waals surface area contributed by atoms with Gasteiger partial charge in [-0.3, -0.25) is 9.89 Å². The molecule has 3 heterocycles. The first-order valence-corrected chi connectivity index (χ1v) is 8.50. The van der Waals surface area contributed by atoms with Gasteiger partial charge in [0.05, 0.1) is 6.04 Å². The van der Waals surface area contributed by atoms with E-state index in [1.54, 1.807) is 6.07 Å². The lowest BCUT2D eigenvalue weighted by Crippen LogP contribution is -2.32. The molecule has 0 saturated heterocycles. The number of nitrogens with zero attached hydrogens (tertiary/aromatic N) is 4. The highest BCUT2D eigenvalue weighted by atomic mass is 16.2. The number of H-pyrrole nitrogens is 1. The molecule has 8 heteroatoms. The maximum atomic E-state index is 12.5. The lowest BCUT2D eigenvalue weighted by atomic mass is 10.0. The second kappa shape index (κ2) is 7.12. The molecule has 0 saturated carbocycles. The van der Waals surface area contributed by atoms with Crippen LogP contribution in [-0.4, -0.2) is 44.0 Å². The third-order valence-electron chi connectivity index (χ3n) is 4.16. The van der Waals surface area contributed by atoms with Crippen molar-refractivity contribution < 1.29 is 4.79 Å². The third kappa shape index (κ3) is 3.64. The van der Waals surface area contributed by atoms with Crippen LogP contribution in [0, 0.1) is 12.8 Å². The minimum atomic E-state index is -0.186. The molecule has 1 atom stereocenters. The van der Waals surface area contributed by atoms with E-state index in [9.17, 15) is 4.79 Å². The summed E-state index contributed by atoms with van der Waals surface area (Å²) in [6, 6.07) is 1.57. The summed E-state index contributed by atoms with van der Waals surface area (Å²) in [7, 11) is 0. The van der Waals surface area contributed by atoms with Crippen molar-refractivity contribution in [1.82, 2.24) is 35.6 Å². The van der Waals surface area contributed by atoms with Crippen molar-refractivity contribution in [1.29, 1.82) is 0 Å². The van der Waals surface area contributed by atoms with E-state index >= 15 is 0 Å². The van der Waals surface area contributed by atoms with Crippen molar-refractivity contribution in [3.63, 3.8) is 0 Å². The monoisotopic (exact) mass is 331 g/mol. The zero-order valence-corrected chi connectivity index (χ0v) is 14.5. The van der Waals surface area contributed by atoms with Crippen LogP contribution in [0.15, 0.2) is 6.07 Å². The molecule has 0 unspecified atom stereocenters. The Labute approximate surface area is 141 Å². The number of nitrogens with one attached hydrogen (secondary N) is 3. The minimum absolute atomic E-state index is 0.172. The summed E-state index contributed by atoms with van der Waals surface area (Å²) < 4.78 is 2.14. The van der Waals surface area contributed by atoms with Crippen molar-refractivity contribution >= 4 is 5.91 Å². The molecule has 1 aliphatic rings. The lowest BCUT2D eigenvalue weighted by molar-refractivity contribution is 0.0923. The number of aromatic nitrogens is 5. The minimum Gasteiger partial charge on any atom is -0.341 e. The molecule has 0 aromatic carbocycles. The van der Waals surface area contributed by atoms with Gasteiger partial charge in [0.1, 0.15) is 11.5 Å². The topological polar surface area (TPSA) is 101 Å². The summed E-state index contributed by atoms with van der Waals surface area (Å²) >= 11 is 0. The highest BCUT2D eigenvalue weighted by Crippen LogP contribution is 2.22. The lowest BCUT2D eigenvalue weighted by Gasteiger charge is -2.20. The van der Waals surface area contributed by atoms with E-state index in [1.165, 1.54) is 0 Å². The van der Waals surface area contributed by atoms with Gasteiger partial charge in [0.2, 0.25) is 0 Å². The highest BCUT2D eigenvalue weighted by Gasteiger charge is 2.25. The van der Waals surface area contributed by atoms with Gasteiger partial charge in [-0.1, -0.05) is 13.8 Å². The van der Waals surface area contributed by atoms with Gasteiger partial charge >= 0.3 is 0 Å². The predicted molar refractivity (Wildman–Crippen MR) is 89.6 cm³/mol. The van der Waals surface area contributed by atoms with Crippen molar-refractivity contribution in [2.75, 3.05) is 13.1 Å². The number of fused-ring (bicyclic) bond motifs is 1. The molecule has 2 aromatic rings. The Morgan fingerprint density at radius 2 is 2.21 bits per heavy atom. The first-order valence-electron chi connectivity index (χ1n) is 8.50. The molecule has 0 aliphatic carbocycles. The van der Waals surface area contributed by atoms with Gasteiger partial charge in [-0.25, -0.2) is 0 Å². The zero-order chi connectivity index (χ0) is 17.1. The van der Waals surface area contributed by atoms with E-state index in [4.69, 9.17) is 0 Å². The largest absolute Gasteiger partial charge is 0.341 e. The maximum Gasteiger partial charge on any atom is 0.272 e. The number of hydrogen-bond acceptors (Lipinski definition) is 5. The molecule has 1 aliphatic heterocycles. The standard InChI is InChI=1S/C16H25N7O/c1-10(2)8-12(18-16(24)13-9-11(3)19-20-13)15-22-21-14-4-5-17-6-7-23(14)15/h9-10,12,17H,4-8H2,1-3H3,(H,18,24)(H,19,20)/t12-/m1/s1. The van der Waals surface area contributed by atoms with Gasteiger partial charge in [0, 0.05) is 31.7 Å². The molecule has 8 nitrogen and oxygen atoms in total. The number of aryl methyl sites for hydroxylation is 1. The first-order chi connectivity index (χ1) is 11.5. The molecule has 24 heavy (non-hydrogen) atoms. The van der Waals surface area contributed by atoms with Crippen molar-refractivity contribution in [2.45, 2.75) is 46.2 Å². The van der Waals surface area contributed by atoms with Crippen LogP contribution in [0.3, 0.4) is 0 Å². The molecular formula is C16H25N7O. The Hall–Kier alpha value is -2.22. The Bertz CT molecular complexity index is 703. The SMILES string of the molecule is Cc1cc(C(=O)N[C@H](CC(C)C)c2nnc3n2CCNCC3)n[nH]1. The first kappa shape index (κ1) is 16.6. The number of carbonyl (C=O) groups excluding carboxylic acids is 1. The van der Waals surface area contributed by atoms with E-state index < -0.39 is 0 Å². The molecule has 0 radical (unpaired) electrons. The van der Waals surface area contributed by atoms with Crippen molar-refractivity contribution in [3.8, 4) is 0 Å². The summed E-state index contributed by atoms with van der Waals surface area (Å²) in [5.74, 6) is 2.05. The van der Waals surface area contributed by atoms with Gasteiger partial charge in [-0.05, 0) is 25.3 Å². The highest BCUT2D eigenvalue weighted by molar-refractivity contribution is 5.92. The fraction of sp³-hybridized carbons (Fsp3) is 0.625. The van der Waals surface area contributed by atoms with Gasteiger partial charge in [-0.2, -0.15) is 5.10 Å². The van der Waals surface area contributed by atoms with E-state index in [-0.39, 0.29) is 11.9 Å². The van der Waals surface area contributed by atoms with Crippen LogP contribution in [0.1, 0.15) is 54.1 Å². The van der Waals surface area contributed by atoms with Gasteiger partial charge in [-0.15, -0.1) is 10.2 Å². The van der Waals surface area contributed by atoms with Crippen LogP contribution in [0.4, 0.5) is 0 Å². The second-order valence-electron chi connectivity index (χ2n) is 6.72. The Morgan fingerprint density at radius 1 is 1.38 bits per heavy atom. The van der Waals surface area contributed by atoms with Crippen LogP contribution < -0.4 is 10.6 Å². The van der Waals surface area contributed by atoms with Crippen molar-refractivity contribution in [2.24, 2.45) is 5.92 Å². The maximum absolute atomic E-state index is 12.5. The normalized spacial score (nSPS) is 15.8. The van der Waals surface area contributed by atoms with Crippen LogP contribution in [0.2, 0.25) is 0 Å². The van der Waals surface area contributed by atoms with E-state index in [0.29, 0.717) is 11.6 Å². The van der Waals surface area contributed by atoms with Gasteiger partial charge < -0.3 is 15.2 Å². The number of carbonyl (C=O) groups is 1. The zero-order valence-electron chi connectivity index (χ0n) is 14.5. The Kier molecular flexibility index (Phi) is 4.94. The van der Waals surface area contributed by atoms with E-state index in [2.05, 4.69) is 49.4 Å². The number of amides is 1. The quantitative estimate of drug-likeness (QED) is 0.758. The molecule has 0 bridgehead atoms. The van der Waals surface area contributed by atoms with E-state index in [0.717, 1.165) is 49.8 Å². The molecule has 1 amide bonds. The molecule has 3 N–H and O–H groups in total. The fourth-order valence-electron chi connectivity index (χ4n) is 3.02. The molecule has 130 valence electrons. The van der Waals surface area contributed by atoms with Crippen molar-refractivity contribution in [3.05, 3.63) is 29.1 Å². The summed E-state index contributed by atoms with van der Waals surface area (Å²) in [5, 5.41) is 22.0. The van der Waals surface area contributed by atoms with Gasteiger partial charge in [0.15, 0.2) is 5.82 Å². The predicted octanol–water partition coefficient (Wildman–Crippen LogP) is 0.973. The fourth-order valence-corrected chi connectivity index (χ4v) is 3.02. The number of rotatable bonds is 5. The van der Waals surface area contributed by atoms with Crippen LogP contribution in [-0.2, 0) is 13.0 Å². The van der Waals surface area contributed by atoms with Crippen LogP contribution >= 0.6 is 0 Å².